The summed E-state index contributed by atoms with van der Waals surface area (Å²) in [4.78, 5) is 12.4. The number of halogens is 2. The lowest BCUT2D eigenvalue weighted by atomic mass is 10.1. The summed E-state index contributed by atoms with van der Waals surface area (Å²) >= 11 is 9.53. The van der Waals surface area contributed by atoms with Gasteiger partial charge >= 0.3 is 0 Å². The number of benzene rings is 2. The largest absolute Gasteiger partial charge is 0.493 e. The summed E-state index contributed by atoms with van der Waals surface area (Å²) in [5.41, 5.74) is 1.42. The van der Waals surface area contributed by atoms with Crippen molar-refractivity contribution in [2.45, 2.75) is 13.0 Å². The molecule has 1 amide bonds. The molecule has 2 aromatic rings. The van der Waals surface area contributed by atoms with Gasteiger partial charge in [-0.3, -0.25) is 4.79 Å². The molecule has 0 fully saturated rings. The van der Waals surface area contributed by atoms with E-state index in [0.717, 1.165) is 10.0 Å². The van der Waals surface area contributed by atoms with Crippen LogP contribution in [0.15, 0.2) is 40.9 Å². The van der Waals surface area contributed by atoms with Crippen molar-refractivity contribution in [3.63, 3.8) is 0 Å². The minimum Gasteiger partial charge on any atom is -0.493 e. The molecule has 0 aliphatic carbocycles. The Kier molecular flexibility index (Phi) is 5.91. The van der Waals surface area contributed by atoms with Crippen LogP contribution in [0, 0.1) is 0 Å². The van der Waals surface area contributed by atoms with Crippen molar-refractivity contribution in [2.75, 3.05) is 14.2 Å². The highest BCUT2D eigenvalue weighted by atomic mass is 79.9. The third-order valence-electron chi connectivity index (χ3n) is 3.41. The number of nitrogens with one attached hydrogen (secondary N) is 1. The van der Waals surface area contributed by atoms with Gasteiger partial charge in [0.2, 0.25) is 0 Å². The van der Waals surface area contributed by atoms with Crippen LogP contribution < -0.4 is 14.8 Å². The highest BCUT2D eigenvalue weighted by molar-refractivity contribution is 9.10. The molecule has 2 aromatic carbocycles. The van der Waals surface area contributed by atoms with E-state index in [9.17, 15) is 4.79 Å². The fourth-order valence-electron chi connectivity index (χ4n) is 2.16. The Morgan fingerprint density at radius 1 is 1.17 bits per heavy atom. The number of carbonyl (C=O) groups excluding carboxylic acids is 1. The maximum atomic E-state index is 12.4. The van der Waals surface area contributed by atoms with Crippen LogP contribution in [0.4, 0.5) is 0 Å². The minimum absolute atomic E-state index is 0.137. The molecule has 0 saturated carbocycles. The number of carbonyl (C=O) groups is 1. The maximum Gasteiger partial charge on any atom is 0.251 e. The van der Waals surface area contributed by atoms with Gasteiger partial charge in [0.15, 0.2) is 11.5 Å². The molecule has 1 N–H and O–H groups in total. The molecule has 1 atom stereocenters. The van der Waals surface area contributed by atoms with E-state index in [1.807, 2.05) is 31.2 Å². The van der Waals surface area contributed by atoms with Crippen LogP contribution >= 0.6 is 27.5 Å². The fourth-order valence-corrected chi connectivity index (χ4v) is 2.72. The molecular formula is C17H17BrClNO3. The van der Waals surface area contributed by atoms with Crippen LogP contribution in [-0.2, 0) is 0 Å². The molecule has 0 radical (unpaired) electrons. The standard InChI is InChI=1S/C17H17BrClNO3/c1-10(11-4-6-13(18)7-5-11)20-17(21)12-8-14(19)16(23-3)15(9-12)22-2/h4-10H,1-3H3,(H,20,21)/t10-/m0/s1. The number of ether oxygens (including phenoxy) is 2. The van der Waals surface area contributed by atoms with Gasteiger partial charge in [0.05, 0.1) is 25.3 Å². The maximum absolute atomic E-state index is 12.4. The van der Waals surface area contributed by atoms with Gasteiger partial charge in [-0.25, -0.2) is 0 Å². The van der Waals surface area contributed by atoms with Crippen LogP contribution in [0.2, 0.25) is 5.02 Å². The zero-order valence-corrected chi connectivity index (χ0v) is 15.4. The molecule has 0 spiro atoms. The van der Waals surface area contributed by atoms with Gasteiger partial charge < -0.3 is 14.8 Å². The summed E-state index contributed by atoms with van der Waals surface area (Å²) < 4.78 is 11.4. The lowest BCUT2D eigenvalue weighted by Gasteiger charge is -2.16. The topological polar surface area (TPSA) is 47.6 Å². The third-order valence-corrected chi connectivity index (χ3v) is 4.22. The molecule has 2 rings (SSSR count). The molecule has 0 aliphatic heterocycles. The van der Waals surface area contributed by atoms with Crippen molar-refractivity contribution >= 4 is 33.4 Å². The van der Waals surface area contributed by atoms with Crippen molar-refractivity contribution in [3.8, 4) is 11.5 Å². The van der Waals surface area contributed by atoms with Crippen LogP contribution in [0.5, 0.6) is 11.5 Å². The van der Waals surface area contributed by atoms with Gasteiger partial charge in [0.1, 0.15) is 0 Å². The van der Waals surface area contributed by atoms with Crippen LogP contribution in [0.1, 0.15) is 28.9 Å². The Hall–Kier alpha value is -1.72. The second-order valence-corrected chi connectivity index (χ2v) is 6.26. The van der Waals surface area contributed by atoms with Gasteiger partial charge in [-0.2, -0.15) is 0 Å². The van der Waals surface area contributed by atoms with Gasteiger partial charge in [-0.05, 0) is 36.8 Å². The predicted octanol–water partition coefficient (Wildman–Crippen LogP) is 4.61. The summed E-state index contributed by atoms with van der Waals surface area (Å²) in [5.74, 6) is 0.594. The second-order valence-electron chi connectivity index (χ2n) is 4.94. The fraction of sp³-hybridized carbons (Fsp3) is 0.235. The van der Waals surface area contributed by atoms with Crippen molar-refractivity contribution < 1.29 is 14.3 Å². The number of hydrogen-bond acceptors (Lipinski definition) is 3. The monoisotopic (exact) mass is 397 g/mol. The van der Waals surface area contributed by atoms with E-state index in [1.165, 1.54) is 14.2 Å². The zero-order chi connectivity index (χ0) is 17.0. The Balaban J connectivity index is 2.20. The van der Waals surface area contributed by atoms with Gasteiger partial charge in [0.25, 0.3) is 5.91 Å². The van der Waals surface area contributed by atoms with Gasteiger partial charge in [0, 0.05) is 10.0 Å². The Bertz CT molecular complexity index is 704. The molecule has 0 unspecified atom stereocenters. The Morgan fingerprint density at radius 2 is 1.83 bits per heavy atom. The van der Waals surface area contributed by atoms with E-state index in [-0.39, 0.29) is 11.9 Å². The van der Waals surface area contributed by atoms with E-state index < -0.39 is 0 Å². The molecule has 0 aliphatic rings. The Labute approximate surface area is 148 Å². The lowest BCUT2D eigenvalue weighted by molar-refractivity contribution is 0.0939. The molecule has 4 nitrogen and oxygen atoms in total. The number of methoxy groups -OCH3 is 2. The highest BCUT2D eigenvalue weighted by Gasteiger charge is 2.17. The normalized spacial score (nSPS) is 11.7. The lowest BCUT2D eigenvalue weighted by Crippen LogP contribution is -2.26. The molecule has 0 aromatic heterocycles. The van der Waals surface area contributed by atoms with E-state index in [4.69, 9.17) is 21.1 Å². The van der Waals surface area contributed by atoms with Crippen LogP contribution in [0.3, 0.4) is 0 Å². The summed E-state index contributed by atoms with van der Waals surface area (Å²) in [5, 5.41) is 3.27. The van der Waals surface area contributed by atoms with Crippen molar-refractivity contribution in [1.29, 1.82) is 0 Å². The summed E-state index contributed by atoms with van der Waals surface area (Å²) in [6, 6.07) is 10.8. The molecule has 23 heavy (non-hydrogen) atoms. The summed E-state index contributed by atoms with van der Waals surface area (Å²) in [6.45, 7) is 1.92. The molecular weight excluding hydrogens is 382 g/mol. The molecule has 122 valence electrons. The third kappa shape index (κ3) is 4.18. The van der Waals surface area contributed by atoms with Crippen LogP contribution in [-0.4, -0.2) is 20.1 Å². The average Bonchev–Trinajstić information content (AvgIpc) is 2.54. The molecule has 0 heterocycles. The quantitative estimate of drug-likeness (QED) is 0.800. The SMILES string of the molecule is COc1cc(C(=O)N[C@@H](C)c2ccc(Br)cc2)cc(Cl)c1OC. The van der Waals surface area contributed by atoms with Crippen molar-refractivity contribution in [3.05, 3.63) is 57.0 Å². The van der Waals surface area contributed by atoms with Crippen LogP contribution in [0.25, 0.3) is 0 Å². The zero-order valence-electron chi connectivity index (χ0n) is 13.0. The average molecular weight is 399 g/mol. The number of hydrogen-bond donors (Lipinski definition) is 1. The second kappa shape index (κ2) is 7.70. The predicted molar refractivity (Wildman–Crippen MR) is 94.6 cm³/mol. The summed E-state index contributed by atoms with van der Waals surface area (Å²) in [7, 11) is 3.00. The first-order valence-electron chi connectivity index (χ1n) is 6.94. The molecule has 6 heteroatoms. The van der Waals surface area contributed by atoms with Gasteiger partial charge in [-0.15, -0.1) is 0 Å². The molecule has 0 bridgehead atoms. The number of rotatable bonds is 5. The first kappa shape index (κ1) is 17.6. The Morgan fingerprint density at radius 3 is 2.39 bits per heavy atom. The smallest absolute Gasteiger partial charge is 0.251 e. The van der Waals surface area contributed by atoms with Crippen molar-refractivity contribution in [1.82, 2.24) is 5.32 Å². The first-order chi connectivity index (χ1) is 11.0. The highest BCUT2D eigenvalue weighted by Crippen LogP contribution is 2.36. The summed E-state index contributed by atoms with van der Waals surface area (Å²) in [6.07, 6.45) is 0. The van der Waals surface area contributed by atoms with Crippen molar-refractivity contribution in [2.24, 2.45) is 0 Å². The minimum atomic E-state index is -0.233. The van der Waals surface area contributed by atoms with E-state index in [1.54, 1.807) is 12.1 Å². The first-order valence-corrected chi connectivity index (χ1v) is 8.11. The van der Waals surface area contributed by atoms with E-state index >= 15 is 0 Å². The van der Waals surface area contributed by atoms with E-state index in [0.29, 0.717) is 22.1 Å². The number of amides is 1. The molecule has 0 saturated heterocycles. The van der Waals surface area contributed by atoms with Gasteiger partial charge in [-0.1, -0.05) is 39.7 Å². The van der Waals surface area contributed by atoms with E-state index in [2.05, 4.69) is 21.2 Å².